The molecule has 5 nitrogen and oxygen atoms in total. The van der Waals surface area contributed by atoms with E-state index in [0.717, 1.165) is 13.0 Å². The van der Waals surface area contributed by atoms with Gasteiger partial charge in [-0.1, -0.05) is 26.0 Å². The van der Waals surface area contributed by atoms with Crippen molar-refractivity contribution in [3.05, 3.63) is 33.9 Å². The molecule has 5 heteroatoms. The molecule has 0 aromatic heterocycles. The van der Waals surface area contributed by atoms with Crippen molar-refractivity contribution in [3.63, 3.8) is 0 Å². The quantitative estimate of drug-likeness (QED) is 0.614. The SMILES string of the molecule is Cc1cccc(NC(CC(C)C)CN(C)C)c1[N+](=O)[O-]. The Morgan fingerprint density at radius 2 is 2.00 bits per heavy atom. The molecule has 20 heavy (non-hydrogen) atoms. The number of hydrogen-bond acceptors (Lipinski definition) is 4. The van der Waals surface area contributed by atoms with E-state index < -0.39 is 0 Å². The van der Waals surface area contributed by atoms with Crippen LogP contribution in [0.1, 0.15) is 25.8 Å². The molecule has 1 rings (SSSR count). The molecule has 1 unspecified atom stereocenters. The first-order valence-electron chi connectivity index (χ1n) is 6.96. The molecule has 0 saturated heterocycles. The van der Waals surface area contributed by atoms with Crippen LogP contribution in [-0.4, -0.2) is 36.5 Å². The highest BCUT2D eigenvalue weighted by molar-refractivity contribution is 5.65. The van der Waals surface area contributed by atoms with Gasteiger partial charge >= 0.3 is 0 Å². The number of nitro benzene ring substituents is 1. The van der Waals surface area contributed by atoms with E-state index in [1.165, 1.54) is 0 Å². The standard InChI is InChI=1S/C15H25N3O2/c1-11(2)9-13(10-17(4)5)16-14-8-6-7-12(3)15(14)18(19)20/h6-8,11,13,16H,9-10H2,1-5H3. The summed E-state index contributed by atoms with van der Waals surface area (Å²) < 4.78 is 0. The summed E-state index contributed by atoms with van der Waals surface area (Å²) in [6, 6.07) is 5.61. The van der Waals surface area contributed by atoms with Crippen molar-refractivity contribution in [2.45, 2.75) is 33.2 Å². The summed E-state index contributed by atoms with van der Waals surface area (Å²) in [6.45, 7) is 6.94. The van der Waals surface area contributed by atoms with Crippen LogP contribution < -0.4 is 5.32 Å². The summed E-state index contributed by atoms with van der Waals surface area (Å²) in [6.07, 6.45) is 0.975. The van der Waals surface area contributed by atoms with Gasteiger partial charge in [-0.05, 0) is 39.4 Å². The zero-order valence-corrected chi connectivity index (χ0v) is 13.0. The van der Waals surface area contributed by atoms with Crippen LogP contribution in [0.5, 0.6) is 0 Å². The predicted octanol–water partition coefficient (Wildman–Crippen LogP) is 3.29. The lowest BCUT2D eigenvalue weighted by Crippen LogP contribution is -2.33. The van der Waals surface area contributed by atoms with Crippen molar-refractivity contribution in [2.75, 3.05) is 26.0 Å². The van der Waals surface area contributed by atoms with E-state index in [4.69, 9.17) is 0 Å². The van der Waals surface area contributed by atoms with Crippen LogP contribution in [0.25, 0.3) is 0 Å². The number of para-hydroxylation sites is 1. The molecular formula is C15H25N3O2. The van der Waals surface area contributed by atoms with Gasteiger partial charge in [0.2, 0.25) is 0 Å². The average Bonchev–Trinajstić information content (AvgIpc) is 2.26. The minimum Gasteiger partial charge on any atom is -0.375 e. The van der Waals surface area contributed by atoms with Crippen LogP contribution in [0.4, 0.5) is 11.4 Å². The number of aryl methyl sites for hydroxylation is 1. The van der Waals surface area contributed by atoms with E-state index in [2.05, 4.69) is 24.1 Å². The van der Waals surface area contributed by atoms with E-state index >= 15 is 0 Å². The minimum absolute atomic E-state index is 0.181. The Balaban J connectivity index is 2.98. The Morgan fingerprint density at radius 1 is 1.35 bits per heavy atom. The van der Waals surface area contributed by atoms with Crippen LogP contribution in [0.15, 0.2) is 18.2 Å². The fraction of sp³-hybridized carbons (Fsp3) is 0.600. The fourth-order valence-corrected chi connectivity index (χ4v) is 2.43. The normalized spacial score (nSPS) is 12.8. The number of nitro groups is 1. The van der Waals surface area contributed by atoms with Crippen LogP contribution in [-0.2, 0) is 0 Å². The number of likely N-dealkylation sites (N-methyl/N-ethyl adjacent to an activating group) is 1. The zero-order chi connectivity index (χ0) is 15.3. The van der Waals surface area contributed by atoms with Gasteiger partial charge in [0.25, 0.3) is 5.69 Å². The van der Waals surface area contributed by atoms with Gasteiger partial charge in [0.1, 0.15) is 5.69 Å². The topological polar surface area (TPSA) is 58.4 Å². The van der Waals surface area contributed by atoms with Crippen molar-refractivity contribution in [2.24, 2.45) is 5.92 Å². The Kier molecular flexibility index (Phi) is 5.95. The molecule has 0 saturated carbocycles. The van der Waals surface area contributed by atoms with E-state index in [1.54, 1.807) is 19.1 Å². The van der Waals surface area contributed by atoms with Gasteiger partial charge in [0.05, 0.1) is 4.92 Å². The van der Waals surface area contributed by atoms with Crippen LogP contribution in [0.2, 0.25) is 0 Å². The lowest BCUT2D eigenvalue weighted by atomic mass is 10.0. The molecule has 0 spiro atoms. The molecule has 0 amide bonds. The molecule has 1 N–H and O–H groups in total. The second kappa shape index (κ2) is 7.24. The number of rotatable bonds is 7. The third-order valence-electron chi connectivity index (χ3n) is 3.12. The van der Waals surface area contributed by atoms with Gasteiger partial charge in [-0.3, -0.25) is 10.1 Å². The summed E-state index contributed by atoms with van der Waals surface area (Å²) in [5, 5.41) is 14.6. The molecule has 0 bridgehead atoms. The van der Waals surface area contributed by atoms with Gasteiger partial charge in [0.15, 0.2) is 0 Å². The maximum absolute atomic E-state index is 11.2. The highest BCUT2D eigenvalue weighted by atomic mass is 16.6. The number of nitrogens with zero attached hydrogens (tertiary/aromatic N) is 2. The van der Waals surface area contributed by atoms with Gasteiger partial charge in [-0.15, -0.1) is 0 Å². The third kappa shape index (κ3) is 4.81. The molecule has 112 valence electrons. The van der Waals surface area contributed by atoms with E-state index in [0.29, 0.717) is 17.2 Å². The smallest absolute Gasteiger partial charge is 0.295 e. The third-order valence-corrected chi connectivity index (χ3v) is 3.12. The van der Waals surface area contributed by atoms with Crippen LogP contribution >= 0.6 is 0 Å². The monoisotopic (exact) mass is 279 g/mol. The molecule has 0 fully saturated rings. The molecule has 0 radical (unpaired) electrons. The molecule has 0 aliphatic heterocycles. The Morgan fingerprint density at radius 3 is 2.50 bits per heavy atom. The number of benzene rings is 1. The Bertz CT molecular complexity index is 448. The van der Waals surface area contributed by atoms with Crippen molar-refractivity contribution < 1.29 is 4.92 Å². The summed E-state index contributed by atoms with van der Waals surface area (Å²) in [4.78, 5) is 13.0. The summed E-state index contributed by atoms with van der Waals surface area (Å²) in [5.74, 6) is 0.538. The van der Waals surface area contributed by atoms with Crippen LogP contribution in [0, 0.1) is 23.0 Å². The lowest BCUT2D eigenvalue weighted by molar-refractivity contribution is -0.384. The molecule has 1 aromatic carbocycles. The Hall–Kier alpha value is -1.62. The largest absolute Gasteiger partial charge is 0.375 e. The summed E-state index contributed by atoms with van der Waals surface area (Å²) >= 11 is 0. The lowest BCUT2D eigenvalue weighted by Gasteiger charge is -2.25. The second-order valence-electron chi connectivity index (χ2n) is 5.96. The van der Waals surface area contributed by atoms with Gasteiger partial charge in [-0.2, -0.15) is 0 Å². The molecule has 0 heterocycles. The Labute approximate surface area is 121 Å². The molecule has 1 atom stereocenters. The first kappa shape index (κ1) is 16.4. The molecular weight excluding hydrogens is 254 g/mol. The summed E-state index contributed by atoms with van der Waals surface area (Å²) in [7, 11) is 4.03. The van der Waals surface area contributed by atoms with Crippen LogP contribution in [0.3, 0.4) is 0 Å². The zero-order valence-electron chi connectivity index (χ0n) is 13.0. The van der Waals surface area contributed by atoms with Gasteiger partial charge in [0, 0.05) is 18.2 Å². The maximum Gasteiger partial charge on any atom is 0.295 e. The van der Waals surface area contributed by atoms with Crippen molar-refractivity contribution >= 4 is 11.4 Å². The van der Waals surface area contributed by atoms with Gasteiger partial charge in [-0.25, -0.2) is 0 Å². The number of anilines is 1. The molecule has 0 aliphatic carbocycles. The first-order chi connectivity index (χ1) is 9.31. The van der Waals surface area contributed by atoms with E-state index in [-0.39, 0.29) is 16.7 Å². The van der Waals surface area contributed by atoms with Crippen molar-refractivity contribution in [1.82, 2.24) is 4.90 Å². The average molecular weight is 279 g/mol. The van der Waals surface area contributed by atoms with Crippen molar-refractivity contribution in [3.8, 4) is 0 Å². The van der Waals surface area contributed by atoms with E-state index in [1.807, 2.05) is 20.2 Å². The maximum atomic E-state index is 11.2. The van der Waals surface area contributed by atoms with Crippen molar-refractivity contribution in [1.29, 1.82) is 0 Å². The minimum atomic E-state index is -0.306. The molecule has 0 aliphatic rings. The summed E-state index contributed by atoms with van der Waals surface area (Å²) in [5.41, 5.74) is 1.48. The predicted molar refractivity (Wildman–Crippen MR) is 83.3 cm³/mol. The second-order valence-corrected chi connectivity index (χ2v) is 5.96. The number of hydrogen-bond donors (Lipinski definition) is 1. The first-order valence-corrected chi connectivity index (χ1v) is 6.96. The highest BCUT2D eigenvalue weighted by Crippen LogP contribution is 2.29. The van der Waals surface area contributed by atoms with E-state index in [9.17, 15) is 10.1 Å². The number of nitrogens with one attached hydrogen (secondary N) is 1. The fourth-order valence-electron chi connectivity index (χ4n) is 2.43. The highest BCUT2D eigenvalue weighted by Gasteiger charge is 2.20. The molecule has 1 aromatic rings. The van der Waals surface area contributed by atoms with Gasteiger partial charge < -0.3 is 10.2 Å².